The molecule has 12 heavy (non-hydrogen) atoms. The van der Waals surface area contributed by atoms with E-state index in [1.807, 2.05) is 0 Å². The van der Waals surface area contributed by atoms with E-state index in [1.165, 1.54) is 12.8 Å². The lowest BCUT2D eigenvalue weighted by Crippen LogP contribution is -2.33. The van der Waals surface area contributed by atoms with E-state index in [0.29, 0.717) is 10.8 Å². The van der Waals surface area contributed by atoms with Crippen LogP contribution in [-0.4, -0.2) is 0 Å². The van der Waals surface area contributed by atoms with E-state index in [-0.39, 0.29) is 0 Å². The topological polar surface area (TPSA) is 0 Å². The second-order valence-electron chi connectivity index (χ2n) is 5.41. The lowest BCUT2D eigenvalue weighted by atomic mass is 9.64. The molecule has 0 aromatic heterocycles. The van der Waals surface area contributed by atoms with Crippen molar-refractivity contribution in [2.75, 3.05) is 0 Å². The van der Waals surface area contributed by atoms with E-state index in [0.717, 1.165) is 5.92 Å². The summed E-state index contributed by atoms with van der Waals surface area (Å²) < 4.78 is 0. The summed E-state index contributed by atoms with van der Waals surface area (Å²) in [7, 11) is 0. The van der Waals surface area contributed by atoms with Crippen molar-refractivity contribution in [3.8, 4) is 0 Å². The smallest absolute Gasteiger partial charge is 0.0326 e. The molecule has 0 rings (SSSR count). The average molecular weight is 170 g/mol. The van der Waals surface area contributed by atoms with Gasteiger partial charge in [-0.1, -0.05) is 61.3 Å². The fourth-order valence-electron chi connectivity index (χ4n) is 1.67. The molecule has 0 amide bonds. The highest BCUT2D eigenvalue weighted by atomic mass is 14.4. The molecule has 0 saturated carbocycles. The quantitative estimate of drug-likeness (QED) is 0.583. The summed E-state index contributed by atoms with van der Waals surface area (Å²) >= 11 is 0. The minimum Gasteiger partial charge on any atom is -0.0649 e. The Balaban J connectivity index is 4.47. The average Bonchev–Trinajstić information content (AvgIpc) is 2.03. The molecule has 0 radical (unpaired) electrons. The van der Waals surface area contributed by atoms with Crippen LogP contribution in [0.5, 0.6) is 0 Å². The summed E-state index contributed by atoms with van der Waals surface area (Å²) in [5.74, 6) is 0.792. The first-order chi connectivity index (χ1) is 5.28. The van der Waals surface area contributed by atoms with E-state index in [1.54, 1.807) is 0 Å². The van der Waals surface area contributed by atoms with E-state index in [4.69, 9.17) is 0 Å². The maximum Gasteiger partial charge on any atom is -0.0326 e. The molecule has 0 saturated heterocycles. The van der Waals surface area contributed by atoms with E-state index >= 15 is 0 Å². The van der Waals surface area contributed by atoms with Gasteiger partial charge in [0.1, 0.15) is 0 Å². The van der Waals surface area contributed by atoms with E-state index in [2.05, 4.69) is 48.5 Å². The third-order valence-corrected chi connectivity index (χ3v) is 4.17. The van der Waals surface area contributed by atoms with Gasteiger partial charge in [-0.3, -0.25) is 0 Å². The second-order valence-corrected chi connectivity index (χ2v) is 5.41. The van der Waals surface area contributed by atoms with Crippen molar-refractivity contribution in [3.05, 3.63) is 0 Å². The van der Waals surface area contributed by atoms with Crippen LogP contribution in [0.2, 0.25) is 0 Å². The molecule has 0 aliphatic heterocycles. The van der Waals surface area contributed by atoms with Gasteiger partial charge in [0.15, 0.2) is 0 Å². The van der Waals surface area contributed by atoms with Gasteiger partial charge in [-0.05, 0) is 16.7 Å². The Kier molecular flexibility index (Phi) is 3.81. The van der Waals surface area contributed by atoms with Crippen LogP contribution < -0.4 is 0 Å². The van der Waals surface area contributed by atoms with E-state index < -0.39 is 0 Å². The summed E-state index contributed by atoms with van der Waals surface area (Å²) in [5.41, 5.74) is 0.971. The Hall–Kier alpha value is 0. The fourth-order valence-corrected chi connectivity index (χ4v) is 1.67. The Morgan fingerprint density at radius 3 is 1.25 bits per heavy atom. The highest BCUT2D eigenvalue weighted by Crippen LogP contribution is 2.43. The predicted octanol–water partition coefficient (Wildman–Crippen LogP) is 4.49. The minimum atomic E-state index is 0.486. The Bertz CT molecular complexity index is 115. The molecule has 0 bridgehead atoms. The molecule has 0 heteroatoms. The molecular weight excluding hydrogens is 144 g/mol. The highest BCUT2D eigenvalue weighted by Gasteiger charge is 2.34. The molecule has 0 atom stereocenters. The van der Waals surface area contributed by atoms with Crippen molar-refractivity contribution in [3.63, 3.8) is 0 Å². The van der Waals surface area contributed by atoms with Gasteiger partial charge in [-0.2, -0.15) is 0 Å². The zero-order valence-electron chi connectivity index (χ0n) is 9.99. The molecule has 0 heterocycles. The monoisotopic (exact) mass is 170 g/mol. The van der Waals surface area contributed by atoms with Gasteiger partial charge in [0.25, 0.3) is 0 Å². The van der Waals surface area contributed by atoms with Gasteiger partial charge in [0.05, 0.1) is 0 Å². The zero-order chi connectivity index (χ0) is 9.99. The van der Waals surface area contributed by atoms with Gasteiger partial charge in [-0.15, -0.1) is 0 Å². The molecule has 74 valence electrons. The molecular formula is C12H26. The predicted molar refractivity (Wildman–Crippen MR) is 57.3 cm³/mol. The fraction of sp³-hybridized carbons (Fsp3) is 1.00. The van der Waals surface area contributed by atoms with Crippen LogP contribution in [0.4, 0.5) is 0 Å². The minimum absolute atomic E-state index is 0.486. The molecule has 0 nitrogen and oxygen atoms in total. The van der Waals surface area contributed by atoms with Gasteiger partial charge < -0.3 is 0 Å². The summed E-state index contributed by atoms with van der Waals surface area (Å²) in [6.07, 6.45) is 2.55. The largest absolute Gasteiger partial charge is 0.0649 e. The van der Waals surface area contributed by atoms with Gasteiger partial charge in [-0.25, -0.2) is 0 Å². The van der Waals surface area contributed by atoms with Gasteiger partial charge in [0, 0.05) is 0 Å². The Morgan fingerprint density at radius 2 is 1.08 bits per heavy atom. The number of hydrogen-bond acceptors (Lipinski definition) is 0. The van der Waals surface area contributed by atoms with E-state index in [9.17, 15) is 0 Å². The maximum absolute atomic E-state index is 2.40. The Morgan fingerprint density at radius 1 is 0.833 bits per heavy atom. The first kappa shape index (κ1) is 12.0. The number of rotatable bonds is 4. The normalized spacial score (nSPS) is 14.0. The Labute approximate surface area is 78.8 Å². The third kappa shape index (κ3) is 2.50. The maximum atomic E-state index is 2.40. The molecule has 0 spiro atoms. The summed E-state index contributed by atoms with van der Waals surface area (Å²) in [6, 6.07) is 0. The van der Waals surface area contributed by atoms with Gasteiger partial charge in [0.2, 0.25) is 0 Å². The van der Waals surface area contributed by atoms with Crippen LogP contribution >= 0.6 is 0 Å². The number of hydrogen-bond donors (Lipinski definition) is 0. The standard InChI is InChI=1S/C12H26/c1-8-11(4,5)10(3)12(6,7)9-2/h10H,8-9H2,1-7H3. The SMILES string of the molecule is CCC(C)(C)C(C)C(C)(C)CC. The van der Waals surface area contributed by atoms with Crippen LogP contribution in [0, 0.1) is 16.7 Å². The second kappa shape index (κ2) is 3.81. The summed E-state index contributed by atoms with van der Waals surface area (Å²) in [4.78, 5) is 0. The molecule has 0 N–H and O–H groups in total. The molecule has 0 aromatic carbocycles. The lowest BCUT2D eigenvalue weighted by molar-refractivity contribution is 0.0812. The van der Waals surface area contributed by atoms with Crippen molar-refractivity contribution in [1.82, 2.24) is 0 Å². The van der Waals surface area contributed by atoms with Crippen LogP contribution in [0.25, 0.3) is 0 Å². The third-order valence-electron chi connectivity index (χ3n) is 4.17. The van der Waals surface area contributed by atoms with Crippen LogP contribution in [-0.2, 0) is 0 Å². The zero-order valence-corrected chi connectivity index (χ0v) is 9.99. The molecule has 0 fully saturated rings. The first-order valence-electron chi connectivity index (χ1n) is 5.28. The van der Waals surface area contributed by atoms with Crippen molar-refractivity contribution < 1.29 is 0 Å². The van der Waals surface area contributed by atoms with Crippen molar-refractivity contribution in [2.24, 2.45) is 16.7 Å². The molecule has 0 aliphatic carbocycles. The van der Waals surface area contributed by atoms with Crippen molar-refractivity contribution in [1.29, 1.82) is 0 Å². The lowest BCUT2D eigenvalue weighted by Gasteiger charge is -2.42. The van der Waals surface area contributed by atoms with Crippen LogP contribution in [0.3, 0.4) is 0 Å². The van der Waals surface area contributed by atoms with Gasteiger partial charge >= 0.3 is 0 Å². The highest BCUT2D eigenvalue weighted by molar-refractivity contribution is 4.84. The molecule has 0 unspecified atom stereocenters. The molecule has 0 aromatic rings. The van der Waals surface area contributed by atoms with Crippen LogP contribution in [0.1, 0.15) is 61.3 Å². The summed E-state index contributed by atoms with van der Waals surface area (Å²) in [5, 5.41) is 0. The summed E-state index contributed by atoms with van der Waals surface area (Å²) in [6.45, 7) is 16.5. The van der Waals surface area contributed by atoms with Crippen LogP contribution in [0.15, 0.2) is 0 Å². The van der Waals surface area contributed by atoms with Crippen molar-refractivity contribution >= 4 is 0 Å². The first-order valence-corrected chi connectivity index (χ1v) is 5.28. The molecule has 0 aliphatic rings. The van der Waals surface area contributed by atoms with Crippen molar-refractivity contribution in [2.45, 2.75) is 61.3 Å².